The van der Waals surface area contributed by atoms with Crippen LogP contribution in [0.5, 0.6) is 0 Å². The maximum absolute atomic E-state index is 10.6. The molecule has 0 radical (unpaired) electrons. The lowest BCUT2D eigenvalue weighted by atomic mass is 10.2. The van der Waals surface area contributed by atoms with E-state index in [2.05, 4.69) is 10.5 Å². The van der Waals surface area contributed by atoms with E-state index < -0.39 is 10.5 Å². The first-order valence-corrected chi connectivity index (χ1v) is 5.01. The van der Waals surface area contributed by atoms with Gasteiger partial charge < -0.3 is 5.11 Å². The van der Waals surface area contributed by atoms with Crippen molar-refractivity contribution in [3.63, 3.8) is 0 Å². The molecule has 94 valence electrons. The Balaban J connectivity index is 2.62. The van der Waals surface area contributed by atoms with Crippen LogP contribution in [0.15, 0.2) is 12.3 Å². The number of aliphatic hydroxyl groups is 1. The van der Waals surface area contributed by atoms with Crippen LogP contribution in [0.2, 0.25) is 0 Å². The van der Waals surface area contributed by atoms with Crippen molar-refractivity contribution in [3.8, 4) is 0 Å². The van der Waals surface area contributed by atoms with Gasteiger partial charge in [-0.1, -0.05) is 0 Å². The summed E-state index contributed by atoms with van der Waals surface area (Å²) in [6.45, 7) is 4.89. The zero-order valence-corrected chi connectivity index (χ0v) is 9.93. The van der Waals surface area contributed by atoms with Crippen LogP contribution in [0.25, 0.3) is 0 Å². The highest BCUT2D eigenvalue weighted by molar-refractivity contribution is 5.45. The predicted molar refractivity (Wildman–Crippen MR) is 61.5 cm³/mol. The number of aryl methyl sites for hydroxylation is 1. The molecular weight excluding hydrogens is 226 g/mol. The van der Waals surface area contributed by atoms with Gasteiger partial charge in [-0.05, 0) is 26.8 Å². The second kappa shape index (κ2) is 5.07. The van der Waals surface area contributed by atoms with E-state index in [1.807, 2.05) is 0 Å². The highest BCUT2D eigenvalue weighted by Gasteiger charge is 2.14. The Hall–Kier alpha value is -1.73. The van der Waals surface area contributed by atoms with Crippen LogP contribution in [0, 0.1) is 17.0 Å². The fraction of sp³-hybridized carbons (Fsp3) is 0.500. The van der Waals surface area contributed by atoms with E-state index in [-0.39, 0.29) is 12.3 Å². The number of hydrogen-bond donors (Lipinski definition) is 2. The molecule has 7 nitrogen and oxygen atoms in total. The van der Waals surface area contributed by atoms with Crippen LogP contribution in [0.3, 0.4) is 0 Å². The molecule has 17 heavy (non-hydrogen) atoms. The summed E-state index contributed by atoms with van der Waals surface area (Å²) in [5.74, 6) is 0.359. The third-order valence-corrected chi connectivity index (χ3v) is 1.88. The molecule has 1 aromatic rings. The average molecular weight is 241 g/mol. The minimum absolute atomic E-state index is 0.0435. The van der Waals surface area contributed by atoms with Crippen molar-refractivity contribution in [1.82, 2.24) is 4.98 Å². The number of anilines is 1. The molecule has 0 aliphatic heterocycles. The highest BCUT2D eigenvalue weighted by atomic mass is 16.7. The Labute approximate surface area is 98.5 Å². The summed E-state index contributed by atoms with van der Waals surface area (Å²) in [5, 5.41) is 20.0. The molecule has 0 spiro atoms. The van der Waals surface area contributed by atoms with E-state index in [0.717, 1.165) is 6.20 Å². The van der Waals surface area contributed by atoms with Crippen LogP contribution in [-0.2, 0) is 4.84 Å². The second-order valence-corrected chi connectivity index (χ2v) is 4.32. The Morgan fingerprint density at radius 2 is 2.29 bits per heavy atom. The van der Waals surface area contributed by atoms with Gasteiger partial charge in [-0.25, -0.2) is 10.5 Å². The minimum Gasteiger partial charge on any atom is -0.388 e. The summed E-state index contributed by atoms with van der Waals surface area (Å²) < 4.78 is 0. The van der Waals surface area contributed by atoms with Crippen molar-refractivity contribution in [2.45, 2.75) is 26.4 Å². The van der Waals surface area contributed by atoms with Crippen LogP contribution >= 0.6 is 0 Å². The lowest BCUT2D eigenvalue weighted by molar-refractivity contribution is -0.385. The number of nitro groups is 1. The van der Waals surface area contributed by atoms with E-state index >= 15 is 0 Å². The van der Waals surface area contributed by atoms with Gasteiger partial charge in [0.1, 0.15) is 18.6 Å². The Kier molecular flexibility index (Phi) is 3.97. The van der Waals surface area contributed by atoms with Crippen molar-refractivity contribution in [3.05, 3.63) is 27.9 Å². The number of nitrogens with zero attached hydrogens (tertiary/aromatic N) is 2. The van der Waals surface area contributed by atoms with Crippen LogP contribution in [0.4, 0.5) is 11.5 Å². The van der Waals surface area contributed by atoms with E-state index in [4.69, 9.17) is 4.84 Å². The number of pyridine rings is 1. The first-order valence-electron chi connectivity index (χ1n) is 5.01. The van der Waals surface area contributed by atoms with Gasteiger partial charge in [0.15, 0.2) is 0 Å². The quantitative estimate of drug-likeness (QED) is 0.597. The predicted octanol–water partition coefficient (Wildman–Crippen LogP) is 1.41. The van der Waals surface area contributed by atoms with Gasteiger partial charge in [0.05, 0.1) is 10.5 Å². The molecule has 0 aromatic carbocycles. The van der Waals surface area contributed by atoms with Crippen LogP contribution in [-0.4, -0.2) is 27.2 Å². The van der Waals surface area contributed by atoms with E-state index in [1.54, 1.807) is 20.8 Å². The Morgan fingerprint density at radius 1 is 1.65 bits per heavy atom. The number of hydrogen-bond acceptors (Lipinski definition) is 6. The molecule has 0 unspecified atom stereocenters. The van der Waals surface area contributed by atoms with Crippen molar-refractivity contribution >= 4 is 11.5 Å². The van der Waals surface area contributed by atoms with Gasteiger partial charge in [0.25, 0.3) is 5.69 Å². The van der Waals surface area contributed by atoms with Crippen molar-refractivity contribution in [1.29, 1.82) is 0 Å². The van der Waals surface area contributed by atoms with Crippen molar-refractivity contribution in [2.24, 2.45) is 0 Å². The lowest BCUT2D eigenvalue weighted by Crippen LogP contribution is -2.27. The summed E-state index contributed by atoms with van der Waals surface area (Å²) in [4.78, 5) is 18.9. The van der Waals surface area contributed by atoms with Crippen LogP contribution in [0.1, 0.15) is 19.4 Å². The average Bonchev–Trinajstić information content (AvgIpc) is 2.15. The first-order chi connectivity index (χ1) is 7.79. The van der Waals surface area contributed by atoms with Gasteiger partial charge in [-0.15, -0.1) is 0 Å². The highest BCUT2D eigenvalue weighted by Crippen LogP contribution is 2.18. The number of aromatic nitrogens is 1. The maximum atomic E-state index is 10.6. The normalized spacial score (nSPS) is 11.3. The molecular formula is C10H15N3O4. The molecule has 0 bridgehead atoms. The Morgan fingerprint density at radius 3 is 2.76 bits per heavy atom. The van der Waals surface area contributed by atoms with E-state index in [1.165, 1.54) is 6.07 Å². The second-order valence-electron chi connectivity index (χ2n) is 4.32. The van der Waals surface area contributed by atoms with E-state index in [9.17, 15) is 15.2 Å². The molecule has 0 amide bonds. The zero-order valence-electron chi connectivity index (χ0n) is 9.93. The monoisotopic (exact) mass is 241 g/mol. The fourth-order valence-corrected chi connectivity index (χ4v) is 1.08. The van der Waals surface area contributed by atoms with Crippen LogP contribution < -0.4 is 5.48 Å². The Bertz CT molecular complexity index is 415. The summed E-state index contributed by atoms with van der Waals surface area (Å²) in [6.07, 6.45) is 1.16. The van der Waals surface area contributed by atoms with Gasteiger partial charge in [0, 0.05) is 5.56 Å². The molecule has 1 heterocycles. The van der Waals surface area contributed by atoms with Crippen molar-refractivity contribution < 1.29 is 14.9 Å². The topological polar surface area (TPSA) is 97.5 Å². The summed E-state index contributed by atoms with van der Waals surface area (Å²) in [6, 6.07) is 1.50. The largest absolute Gasteiger partial charge is 0.388 e. The summed E-state index contributed by atoms with van der Waals surface area (Å²) in [5.41, 5.74) is 2.00. The lowest BCUT2D eigenvalue weighted by Gasteiger charge is -2.16. The summed E-state index contributed by atoms with van der Waals surface area (Å²) >= 11 is 0. The van der Waals surface area contributed by atoms with Gasteiger partial charge in [-0.2, -0.15) is 0 Å². The third kappa shape index (κ3) is 4.33. The molecule has 0 atom stereocenters. The molecule has 1 rings (SSSR count). The third-order valence-electron chi connectivity index (χ3n) is 1.88. The SMILES string of the molecule is Cc1cc(NOCC(C)(C)O)ncc1[N+](=O)[O-]. The molecule has 0 aliphatic rings. The molecule has 2 N–H and O–H groups in total. The smallest absolute Gasteiger partial charge is 0.290 e. The zero-order chi connectivity index (χ0) is 13.1. The maximum Gasteiger partial charge on any atom is 0.290 e. The molecule has 0 saturated heterocycles. The van der Waals surface area contributed by atoms with E-state index in [0.29, 0.717) is 11.4 Å². The molecule has 0 saturated carbocycles. The first kappa shape index (κ1) is 13.3. The summed E-state index contributed by atoms with van der Waals surface area (Å²) in [7, 11) is 0. The van der Waals surface area contributed by atoms with Crippen molar-refractivity contribution in [2.75, 3.05) is 12.1 Å². The van der Waals surface area contributed by atoms with Gasteiger partial charge in [0.2, 0.25) is 0 Å². The number of nitrogens with one attached hydrogen (secondary N) is 1. The standard InChI is InChI=1S/C10H15N3O4/c1-7-4-9(11-5-8(7)13(15)16)12-17-6-10(2,3)14/h4-5,14H,6H2,1-3H3,(H,11,12). The molecule has 7 heteroatoms. The molecule has 1 aromatic heterocycles. The van der Waals surface area contributed by atoms with Gasteiger partial charge in [-0.3, -0.25) is 15.0 Å². The number of rotatable bonds is 5. The molecule has 0 aliphatic carbocycles. The minimum atomic E-state index is -0.956. The fourth-order valence-electron chi connectivity index (χ4n) is 1.08. The van der Waals surface area contributed by atoms with Gasteiger partial charge >= 0.3 is 0 Å². The molecule has 0 fully saturated rings.